The minimum Gasteiger partial charge on any atom is -0.493 e. The van der Waals surface area contributed by atoms with Crippen LogP contribution < -0.4 is 20.1 Å². The Bertz CT molecular complexity index is 2560. The predicted molar refractivity (Wildman–Crippen MR) is 278 cm³/mol. The molecule has 17 nitrogen and oxygen atoms in total. The van der Waals surface area contributed by atoms with Gasteiger partial charge in [-0.1, -0.05) is 56.6 Å². The van der Waals surface area contributed by atoms with Gasteiger partial charge in [0.2, 0.25) is 11.8 Å². The van der Waals surface area contributed by atoms with Crippen molar-refractivity contribution in [3.63, 3.8) is 0 Å². The molecule has 1 aliphatic heterocycles. The predicted octanol–water partition coefficient (Wildman–Crippen LogP) is 8.20. The lowest BCUT2D eigenvalue weighted by Crippen LogP contribution is -2.57. The highest BCUT2D eigenvalue weighted by molar-refractivity contribution is 7.13. The van der Waals surface area contributed by atoms with Crippen LogP contribution in [0, 0.1) is 18.2 Å². The molecular weight excluding hydrogens is 983 g/mol. The highest BCUT2D eigenvalue weighted by Gasteiger charge is 2.45. The number of ether oxygens (including phenoxy) is 8. The van der Waals surface area contributed by atoms with Crippen LogP contribution in [0.4, 0.5) is 15.9 Å². The van der Waals surface area contributed by atoms with E-state index in [2.05, 4.69) is 37.7 Å². The molecule has 0 aliphatic carbocycles. The molecule has 1 aliphatic rings. The number of nitrogens with zero attached hydrogens (tertiary/aromatic N) is 4. The highest BCUT2D eigenvalue weighted by Crippen LogP contribution is 2.36. The van der Waals surface area contributed by atoms with Crippen LogP contribution in [-0.4, -0.2) is 148 Å². The summed E-state index contributed by atoms with van der Waals surface area (Å²) < 4.78 is 59.3. The Hall–Kier alpha value is -5.38. The summed E-state index contributed by atoms with van der Waals surface area (Å²) in [5, 5.41) is 6.69. The standard InChI is InChI=1S/C53H68ClFN6O11S/c1-34(2)72-39-27-44(45(62)15-10-36-8-11-37(12-9-36)49-35(3)58-33-73-49)61(30-39)52(64)50(53(4,5)6)60-48(63)31-70-23-22-68-19-18-66-16-17-67-20-21-69-24-25-71-47-28-40-43(29-46(47)65-7)56-32-57-51(40)59-38-13-14-42(55)41(54)26-38/h8-9,11-14,26,28-29,32-34,39,44,50H,10,15-25,27,30-31H2,1-7H3,(H,60,63)(H,56,57,59)/t39-,44+,50-/m1/s1. The van der Waals surface area contributed by atoms with Gasteiger partial charge in [0.05, 0.1) is 111 Å². The van der Waals surface area contributed by atoms with Crippen LogP contribution in [0.5, 0.6) is 11.5 Å². The average Bonchev–Trinajstić information content (AvgIpc) is 3.99. The molecule has 0 spiro atoms. The third kappa shape index (κ3) is 17.4. The smallest absolute Gasteiger partial charge is 0.246 e. The molecular formula is C53H68ClFN6O11S. The lowest BCUT2D eigenvalue weighted by atomic mass is 9.85. The van der Waals surface area contributed by atoms with Crippen LogP contribution in [0.15, 0.2) is 66.4 Å². The van der Waals surface area contributed by atoms with Gasteiger partial charge < -0.3 is 53.4 Å². The van der Waals surface area contributed by atoms with E-state index < -0.39 is 29.2 Å². The number of anilines is 2. The Morgan fingerprint density at radius 3 is 2.11 bits per heavy atom. The van der Waals surface area contributed by atoms with Crippen molar-refractivity contribution in [2.45, 2.75) is 85.1 Å². The number of thiazole rings is 1. The SMILES string of the molecule is COc1cc2ncnc(Nc3ccc(F)c(Cl)c3)c2cc1OCCOCCOCCOCCOCCOCC(=O)N[C@H](C(=O)N1C[C@H](OC(C)C)C[C@H]1C(=O)CCc1ccc(-c2scnc2C)cc1)C(C)(C)C. The first-order chi connectivity index (χ1) is 35.1. The van der Waals surface area contributed by atoms with E-state index in [1.807, 2.05) is 59.2 Å². The van der Waals surface area contributed by atoms with Crippen molar-refractivity contribution in [3.8, 4) is 21.9 Å². The molecule has 0 radical (unpaired) electrons. The minimum atomic E-state index is -0.898. The maximum absolute atomic E-state index is 14.3. The summed E-state index contributed by atoms with van der Waals surface area (Å²) >= 11 is 7.55. The topological polar surface area (TPSA) is 191 Å². The number of hydrogen-bond acceptors (Lipinski definition) is 16. The summed E-state index contributed by atoms with van der Waals surface area (Å²) in [6.45, 7) is 14.6. The fourth-order valence-corrected chi connectivity index (χ4v) is 9.08. The van der Waals surface area contributed by atoms with Crippen molar-refractivity contribution in [1.29, 1.82) is 0 Å². The fraction of sp³-hybridized carbons (Fsp3) is 0.509. The van der Waals surface area contributed by atoms with Crippen molar-refractivity contribution in [3.05, 3.63) is 88.5 Å². The zero-order valence-corrected chi connectivity index (χ0v) is 44.3. The van der Waals surface area contributed by atoms with E-state index in [-0.39, 0.29) is 68.3 Å². The minimum absolute atomic E-state index is 0.0106. The number of aryl methyl sites for hydroxylation is 2. The molecule has 3 heterocycles. The van der Waals surface area contributed by atoms with Gasteiger partial charge in [0.1, 0.15) is 37.2 Å². The number of amides is 2. The number of ketones is 1. The van der Waals surface area contributed by atoms with E-state index in [9.17, 15) is 18.8 Å². The molecule has 3 atom stereocenters. The average molecular weight is 1050 g/mol. The Balaban J connectivity index is 0.816. The number of likely N-dealkylation sites (tertiary alicyclic amines) is 1. The Morgan fingerprint density at radius 1 is 0.849 bits per heavy atom. The van der Waals surface area contributed by atoms with Crippen molar-refractivity contribution in [1.82, 2.24) is 25.2 Å². The molecule has 2 amide bonds. The number of benzene rings is 3. The molecule has 1 saturated heterocycles. The normalized spacial score (nSPS) is 15.2. The number of carbonyl (C=O) groups is 3. The fourth-order valence-electron chi connectivity index (χ4n) is 8.08. The van der Waals surface area contributed by atoms with Gasteiger partial charge in [-0.3, -0.25) is 14.4 Å². The third-order valence-electron chi connectivity index (χ3n) is 11.7. The number of aromatic nitrogens is 3. The van der Waals surface area contributed by atoms with Gasteiger partial charge in [0, 0.05) is 36.5 Å². The third-order valence-corrected chi connectivity index (χ3v) is 13.0. The second kappa shape index (κ2) is 28.3. The summed E-state index contributed by atoms with van der Waals surface area (Å²) in [6, 6.07) is 14.4. The van der Waals surface area contributed by atoms with E-state index in [1.165, 1.54) is 18.5 Å². The molecule has 396 valence electrons. The lowest BCUT2D eigenvalue weighted by Gasteiger charge is -2.35. The van der Waals surface area contributed by atoms with Crippen LogP contribution in [0.25, 0.3) is 21.3 Å². The van der Waals surface area contributed by atoms with Crippen molar-refractivity contribution in [2.24, 2.45) is 5.41 Å². The Labute approximate surface area is 435 Å². The lowest BCUT2D eigenvalue weighted by molar-refractivity contribution is -0.144. The van der Waals surface area contributed by atoms with Gasteiger partial charge in [-0.15, -0.1) is 11.3 Å². The van der Waals surface area contributed by atoms with Crippen LogP contribution in [0.3, 0.4) is 0 Å². The number of rotatable bonds is 30. The van der Waals surface area contributed by atoms with Gasteiger partial charge in [-0.25, -0.2) is 19.3 Å². The van der Waals surface area contributed by atoms with Gasteiger partial charge in [-0.2, -0.15) is 0 Å². The van der Waals surface area contributed by atoms with Crippen LogP contribution in [0.1, 0.15) is 58.7 Å². The first-order valence-corrected chi connectivity index (χ1v) is 25.7. The summed E-state index contributed by atoms with van der Waals surface area (Å²) in [5.41, 5.74) is 5.47. The van der Waals surface area contributed by atoms with Crippen LogP contribution in [0.2, 0.25) is 5.02 Å². The first-order valence-electron chi connectivity index (χ1n) is 24.4. The number of methoxy groups -OCH3 is 1. The van der Waals surface area contributed by atoms with E-state index in [0.29, 0.717) is 93.0 Å². The van der Waals surface area contributed by atoms with E-state index >= 15 is 0 Å². The molecule has 0 saturated carbocycles. The first kappa shape index (κ1) is 56.9. The monoisotopic (exact) mass is 1050 g/mol. The number of carbonyl (C=O) groups excluding carboxylic acids is 3. The van der Waals surface area contributed by atoms with Gasteiger partial charge in [0.15, 0.2) is 17.3 Å². The number of halogens is 2. The molecule has 20 heteroatoms. The largest absolute Gasteiger partial charge is 0.493 e. The summed E-state index contributed by atoms with van der Waals surface area (Å²) in [4.78, 5) is 57.0. The van der Waals surface area contributed by atoms with Gasteiger partial charge in [-0.05, 0) is 68.0 Å². The van der Waals surface area contributed by atoms with Crippen molar-refractivity contribution < 1.29 is 56.7 Å². The maximum atomic E-state index is 14.3. The van der Waals surface area contributed by atoms with Crippen molar-refractivity contribution in [2.75, 3.05) is 91.6 Å². The zero-order valence-electron chi connectivity index (χ0n) is 42.7. The van der Waals surface area contributed by atoms with E-state index in [0.717, 1.165) is 21.7 Å². The Kier molecular flexibility index (Phi) is 22.1. The molecule has 2 aromatic heterocycles. The molecule has 2 N–H and O–H groups in total. The molecule has 73 heavy (non-hydrogen) atoms. The summed E-state index contributed by atoms with van der Waals surface area (Å²) in [7, 11) is 1.54. The summed E-state index contributed by atoms with van der Waals surface area (Å²) in [5.74, 6) is 0.141. The number of fused-ring (bicyclic) bond motifs is 1. The summed E-state index contributed by atoms with van der Waals surface area (Å²) in [6.07, 6.45) is 2.25. The molecule has 3 aromatic carbocycles. The highest BCUT2D eigenvalue weighted by atomic mass is 35.5. The van der Waals surface area contributed by atoms with Gasteiger partial charge in [0.25, 0.3) is 0 Å². The second-order valence-electron chi connectivity index (χ2n) is 18.7. The molecule has 5 aromatic rings. The zero-order chi connectivity index (χ0) is 52.3. The second-order valence-corrected chi connectivity index (χ2v) is 20.0. The number of hydrogen-bond donors (Lipinski definition) is 2. The van der Waals surface area contributed by atoms with Gasteiger partial charge >= 0.3 is 0 Å². The van der Waals surface area contributed by atoms with Crippen molar-refractivity contribution >= 4 is 62.9 Å². The molecule has 1 fully saturated rings. The van der Waals surface area contributed by atoms with Crippen LogP contribution >= 0.6 is 22.9 Å². The quantitative estimate of drug-likeness (QED) is 0.0418. The maximum Gasteiger partial charge on any atom is 0.246 e. The number of nitrogens with one attached hydrogen (secondary N) is 2. The van der Waals surface area contributed by atoms with E-state index in [4.69, 9.17) is 49.5 Å². The molecule has 6 rings (SSSR count). The van der Waals surface area contributed by atoms with Crippen LogP contribution in [-0.2, 0) is 49.2 Å². The number of Topliss-reactive ketones (excluding diaryl/α,β-unsaturated/α-hetero) is 1. The Morgan fingerprint density at radius 2 is 1.51 bits per heavy atom. The molecule has 0 unspecified atom stereocenters. The molecule has 0 bridgehead atoms. The van der Waals surface area contributed by atoms with E-state index in [1.54, 1.807) is 41.5 Å².